The molecule has 3 N–H and O–H groups in total. The molecule has 17 heavy (non-hydrogen) atoms. The number of likely N-dealkylation sites (tertiary alicyclic amines) is 1. The van der Waals surface area contributed by atoms with Crippen LogP contribution in [-0.4, -0.2) is 58.1 Å². The molecule has 0 unspecified atom stereocenters. The number of carbonyl (C=O) groups is 2. The molecule has 1 aliphatic heterocycles. The molecule has 1 fully saturated rings. The van der Waals surface area contributed by atoms with E-state index in [0.29, 0.717) is 0 Å². The Bertz CT molecular complexity index is 312. The first-order valence-corrected chi connectivity index (χ1v) is 5.34. The number of aliphatic hydroxyl groups is 1. The molecule has 0 aromatic heterocycles. The van der Waals surface area contributed by atoms with E-state index >= 15 is 0 Å². The van der Waals surface area contributed by atoms with E-state index in [-0.39, 0.29) is 13.1 Å². The number of rotatable bonds is 1. The van der Waals surface area contributed by atoms with Gasteiger partial charge >= 0.3 is 12.2 Å². The van der Waals surface area contributed by atoms with Crippen molar-refractivity contribution in [3.8, 4) is 0 Å². The van der Waals surface area contributed by atoms with Gasteiger partial charge in [0.05, 0.1) is 18.7 Å². The first-order valence-electron chi connectivity index (χ1n) is 5.34. The minimum Gasteiger partial charge on any atom is -0.465 e. The van der Waals surface area contributed by atoms with Gasteiger partial charge in [-0.25, -0.2) is 9.59 Å². The second-order valence-corrected chi connectivity index (χ2v) is 5.01. The molecule has 0 saturated carbocycles. The molecule has 0 aromatic carbocycles. The first kappa shape index (κ1) is 13.6. The molecule has 0 spiro atoms. The van der Waals surface area contributed by atoms with Gasteiger partial charge in [-0.15, -0.1) is 0 Å². The van der Waals surface area contributed by atoms with Crippen LogP contribution >= 0.6 is 0 Å². The Morgan fingerprint density at radius 3 is 2.41 bits per heavy atom. The summed E-state index contributed by atoms with van der Waals surface area (Å²) in [5.74, 6) is 0. The zero-order valence-corrected chi connectivity index (χ0v) is 10.1. The smallest absolute Gasteiger partial charge is 0.410 e. The number of nitrogens with zero attached hydrogens (tertiary/aromatic N) is 1. The fourth-order valence-corrected chi connectivity index (χ4v) is 1.56. The molecule has 1 saturated heterocycles. The maximum absolute atomic E-state index is 11.7. The predicted octanol–water partition coefficient (Wildman–Crippen LogP) is 0.234. The average molecular weight is 246 g/mol. The van der Waals surface area contributed by atoms with Crippen molar-refractivity contribution in [2.45, 2.75) is 38.5 Å². The van der Waals surface area contributed by atoms with E-state index in [9.17, 15) is 14.7 Å². The van der Waals surface area contributed by atoms with E-state index in [1.165, 1.54) is 4.90 Å². The lowest BCUT2D eigenvalue weighted by atomic mass is 10.2. The van der Waals surface area contributed by atoms with Crippen LogP contribution in [0.1, 0.15) is 20.8 Å². The van der Waals surface area contributed by atoms with E-state index in [2.05, 4.69) is 5.32 Å². The Balaban J connectivity index is 2.53. The molecular weight excluding hydrogens is 228 g/mol. The molecule has 2 atom stereocenters. The Hall–Kier alpha value is -1.50. The molecule has 98 valence electrons. The number of β-amino-alcohol motifs (C(OH)–C–C–N with tert-alkyl or cyclic N) is 1. The zero-order valence-electron chi connectivity index (χ0n) is 10.1. The van der Waals surface area contributed by atoms with Crippen LogP contribution in [0.4, 0.5) is 9.59 Å². The molecular formula is C10H18N2O5. The van der Waals surface area contributed by atoms with Gasteiger partial charge in [0, 0.05) is 6.54 Å². The molecule has 1 rings (SSSR count). The second-order valence-electron chi connectivity index (χ2n) is 5.01. The van der Waals surface area contributed by atoms with Gasteiger partial charge in [0.2, 0.25) is 0 Å². The van der Waals surface area contributed by atoms with Crippen molar-refractivity contribution in [2.24, 2.45) is 0 Å². The third-order valence-electron chi connectivity index (χ3n) is 2.25. The lowest BCUT2D eigenvalue weighted by Gasteiger charge is -2.24. The first-order chi connectivity index (χ1) is 7.69. The summed E-state index contributed by atoms with van der Waals surface area (Å²) in [7, 11) is 0. The topological polar surface area (TPSA) is 99.1 Å². The molecule has 7 nitrogen and oxygen atoms in total. The lowest BCUT2D eigenvalue weighted by Crippen LogP contribution is -2.42. The summed E-state index contributed by atoms with van der Waals surface area (Å²) in [6, 6.07) is -0.667. The molecule has 1 heterocycles. The average Bonchev–Trinajstić information content (AvgIpc) is 2.44. The van der Waals surface area contributed by atoms with Crippen molar-refractivity contribution in [1.29, 1.82) is 0 Å². The van der Waals surface area contributed by atoms with Crippen LogP contribution in [0.5, 0.6) is 0 Å². The number of hydrogen-bond donors (Lipinski definition) is 3. The van der Waals surface area contributed by atoms with Gasteiger partial charge in [-0.3, -0.25) is 0 Å². The summed E-state index contributed by atoms with van der Waals surface area (Å²) < 4.78 is 5.12. The number of hydrogen-bond acceptors (Lipinski definition) is 4. The van der Waals surface area contributed by atoms with Gasteiger partial charge in [0.15, 0.2) is 0 Å². The van der Waals surface area contributed by atoms with Crippen LogP contribution in [0.3, 0.4) is 0 Å². The molecule has 2 amide bonds. The summed E-state index contributed by atoms with van der Waals surface area (Å²) in [4.78, 5) is 23.4. The maximum atomic E-state index is 11.7. The van der Waals surface area contributed by atoms with Crippen molar-refractivity contribution >= 4 is 12.2 Å². The van der Waals surface area contributed by atoms with E-state index in [4.69, 9.17) is 9.84 Å². The van der Waals surface area contributed by atoms with E-state index in [1.54, 1.807) is 20.8 Å². The maximum Gasteiger partial charge on any atom is 0.410 e. The van der Waals surface area contributed by atoms with Gasteiger partial charge in [-0.05, 0) is 20.8 Å². The quantitative estimate of drug-likeness (QED) is 0.615. The highest BCUT2D eigenvalue weighted by Crippen LogP contribution is 2.15. The minimum atomic E-state index is -1.22. The third-order valence-corrected chi connectivity index (χ3v) is 2.25. The Kier molecular flexibility index (Phi) is 3.82. The van der Waals surface area contributed by atoms with Crippen LogP contribution in [0.25, 0.3) is 0 Å². The summed E-state index contributed by atoms with van der Waals surface area (Å²) in [5, 5.41) is 20.3. The molecule has 0 aromatic rings. The Morgan fingerprint density at radius 2 is 1.94 bits per heavy atom. The monoisotopic (exact) mass is 246 g/mol. The molecule has 0 aliphatic carbocycles. The van der Waals surface area contributed by atoms with Crippen LogP contribution in [0.15, 0.2) is 0 Å². The van der Waals surface area contributed by atoms with Crippen molar-refractivity contribution in [3.05, 3.63) is 0 Å². The number of carbonyl (C=O) groups excluding carboxylic acids is 1. The van der Waals surface area contributed by atoms with E-state index in [0.717, 1.165) is 0 Å². The van der Waals surface area contributed by atoms with Gasteiger partial charge < -0.3 is 25.2 Å². The molecule has 0 radical (unpaired) electrons. The normalized spacial score (nSPS) is 24.6. The van der Waals surface area contributed by atoms with Crippen LogP contribution in [-0.2, 0) is 4.74 Å². The van der Waals surface area contributed by atoms with Crippen molar-refractivity contribution in [1.82, 2.24) is 10.2 Å². The van der Waals surface area contributed by atoms with Crippen molar-refractivity contribution in [3.63, 3.8) is 0 Å². The van der Waals surface area contributed by atoms with Gasteiger partial charge in [-0.2, -0.15) is 0 Å². The van der Waals surface area contributed by atoms with Crippen molar-refractivity contribution in [2.75, 3.05) is 13.1 Å². The lowest BCUT2D eigenvalue weighted by molar-refractivity contribution is 0.0269. The SMILES string of the molecule is CC(C)(C)OC(=O)N1C[C@@H](O)[C@H](NC(=O)O)C1. The largest absolute Gasteiger partial charge is 0.465 e. The number of aliphatic hydroxyl groups excluding tert-OH is 1. The fraction of sp³-hybridized carbons (Fsp3) is 0.800. The summed E-state index contributed by atoms with van der Waals surface area (Å²) in [6.07, 6.45) is -2.68. The molecule has 7 heteroatoms. The van der Waals surface area contributed by atoms with Crippen LogP contribution in [0.2, 0.25) is 0 Å². The highest BCUT2D eigenvalue weighted by atomic mass is 16.6. The van der Waals surface area contributed by atoms with Gasteiger partial charge in [-0.1, -0.05) is 0 Å². The standard InChI is InChI=1S/C10H18N2O5/c1-10(2,3)17-9(16)12-4-6(7(13)5-12)11-8(14)15/h6-7,11,13H,4-5H2,1-3H3,(H,14,15)/t6-,7-/m1/s1. The van der Waals surface area contributed by atoms with E-state index in [1.807, 2.05) is 0 Å². The van der Waals surface area contributed by atoms with E-state index < -0.39 is 29.9 Å². The predicted molar refractivity (Wildman–Crippen MR) is 58.8 cm³/mol. The van der Waals surface area contributed by atoms with Crippen LogP contribution < -0.4 is 5.32 Å². The van der Waals surface area contributed by atoms with Gasteiger partial charge in [0.25, 0.3) is 0 Å². The minimum absolute atomic E-state index is 0.0693. The number of amides is 2. The number of nitrogens with one attached hydrogen (secondary N) is 1. The summed E-state index contributed by atoms with van der Waals surface area (Å²) in [6.45, 7) is 5.40. The fourth-order valence-electron chi connectivity index (χ4n) is 1.56. The highest BCUT2D eigenvalue weighted by Gasteiger charge is 2.36. The second kappa shape index (κ2) is 4.79. The van der Waals surface area contributed by atoms with Crippen molar-refractivity contribution < 1.29 is 24.5 Å². The Morgan fingerprint density at radius 1 is 1.35 bits per heavy atom. The number of ether oxygens (including phenoxy) is 1. The highest BCUT2D eigenvalue weighted by molar-refractivity contribution is 5.69. The van der Waals surface area contributed by atoms with Gasteiger partial charge in [0.1, 0.15) is 5.60 Å². The Labute approximate surface area is 99.4 Å². The molecule has 0 bridgehead atoms. The third kappa shape index (κ3) is 4.10. The van der Waals surface area contributed by atoms with Crippen LogP contribution in [0, 0.1) is 0 Å². The number of carboxylic acid groups (broad SMARTS) is 1. The summed E-state index contributed by atoms with van der Waals surface area (Å²) in [5.41, 5.74) is -0.611. The summed E-state index contributed by atoms with van der Waals surface area (Å²) >= 11 is 0. The molecule has 1 aliphatic rings. The zero-order chi connectivity index (χ0) is 13.2.